The lowest BCUT2D eigenvalue weighted by molar-refractivity contribution is -0.139. The Morgan fingerprint density at radius 3 is 2.30 bits per heavy atom. The Hall–Kier alpha value is -1.69. The monoisotopic (exact) mass is 466 g/mol. The molecular formula is C23H28Cl2N2O2S. The van der Waals surface area contributed by atoms with Gasteiger partial charge in [-0.15, -0.1) is 11.8 Å². The summed E-state index contributed by atoms with van der Waals surface area (Å²) in [6, 6.07) is 14.6. The zero-order chi connectivity index (χ0) is 21.9. The van der Waals surface area contributed by atoms with Crippen molar-refractivity contribution in [3.8, 4) is 0 Å². The fraction of sp³-hybridized carbons (Fsp3) is 0.391. The minimum absolute atomic E-state index is 0.0782. The van der Waals surface area contributed by atoms with E-state index in [0.717, 1.165) is 17.5 Å². The summed E-state index contributed by atoms with van der Waals surface area (Å²) in [5.41, 5.74) is 1.81. The van der Waals surface area contributed by atoms with Crippen LogP contribution in [0.25, 0.3) is 0 Å². The number of carbonyl (C=O) groups excluding carboxylic acids is 2. The van der Waals surface area contributed by atoms with Crippen LogP contribution < -0.4 is 5.32 Å². The molecule has 0 aromatic heterocycles. The first kappa shape index (κ1) is 24.6. The van der Waals surface area contributed by atoms with Crippen LogP contribution in [0.5, 0.6) is 0 Å². The van der Waals surface area contributed by atoms with E-state index in [0.29, 0.717) is 35.3 Å². The topological polar surface area (TPSA) is 49.4 Å². The number of halogens is 2. The Morgan fingerprint density at radius 2 is 1.70 bits per heavy atom. The molecule has 2 amide bonds. The molecule has 2 aromatic rings. The first-order valence-corrected chi connectivity index (χ1v) is 12.0. The summed E-state index contributed by atoms with van der Waals surface area (Å²) in [5, 5.41) is 4.11. The van der Waals surface area contributed by atoms with Crippen LogP contribution in [-0.4, -0.2) is 35.1 Å². The summed E-state index contributed by atoms with van der Waals surface area (Å²) >= 11 is 13.9. The first-order valence-electron chi connectivity index (χ1n) is 10.1. The molecule has 30 heavy (non-hydrogen) atoms. The molecule has 4 nitrogen and oxygen atoms in total. The Labute approximate surface area is 193 Å². The molecule has 0 aliphatic carbocycles. The van der Waals surface area contributed by atoms with Gasteiger partial charge < -0.3 is 10.2 Å². The summed E-state index contributed by atoms with van der Waals surface area (Å²) in [7, 11) is 0. The highest BCUT2D eigenvalue weighted by atomic mass is 35.5. The predicted octanol–water partition coefficient (Wildman–Crippen LogP) is 5.56. The van der Waals surface area contributed by atoms with Crippen molar-refractivity contribution >= 4 is 46.8 Å². The van der Waals surface area contributed by atoms with Gasteiger partial charge >= 0.3 is 0 Å². The molecule has 0 saturated carbocycles. The van der Waals surface area contributed by atoms with Crippen LogP contribution in [0.15, 0.2) is 48.5 Å². The van der Waals surface area contributed by atoms with Gasteiger partial charge in [0.2, 0.25) is 11.8 Å². The number of benzene rings is 2. The van der Waals surface area contributed by atoms with E-state index in [1.54, 1.807) is 23.1 Å². The van der Waals surface area contributed by atoms with Gasteiger partial charge in [-0.05, 0) is 36.1 Å². The normalized spacial score (nSPS) is 11.7. The molecule has 0 fully saturated rings. The van der Waals surface area contributed by atoms with Crippen LogP contribution in [0.4, 0.5) is 0 Å². The molecule has 1 N–H and O–H groups in total. The lowest BCUT2D eigenvalue weighted by Gasteiger charge is -2.30. The highest BCUT2D eigenvalue weighted by molar-refractivity contribution is 7.99. The molecule has 2 rings (SSSR count). The number of hydrogen-bond donors (Lipinski definition) is 1. The average Bonchev–Trinajstić information content (AvgIpc) is 2.74. The summed E-state index contributed by atoms with van der Waals surface area (Å²) in [5.74, 6) is 0.585. The number of rotatable bonds is 11. The second-order valence-electron chi connectivity index (χ2n) is 6.92. The largest absolute Gasteiger partial charge is 0.354 e. The van der Waals surface area contributed by atoms with Crippen molar-refractivity contribution in [1.29, 1.82) is 0 Å². The highest BCUT2D eigenvalue weighted by Gasteiger charge is 2.28. The maximum absolute atomic E-state index is 13.1. The summed E-state index contributed by atoms with van der Waals surface area (Å²) in [6.45, 7) is 4.93. The number of carbonyl (C=O) groups is 2. The van der Waals surface area contributed by atoms with Crippen molar-refractivity contribution in [2.45, 2.75) is 45.0 Å². The van der Waals surface area contributed by atoms with Crippen LogP contribution in [0.3, 0.4) is 0 Å². The molecule has 0 bridgehead atoms. The molecule has 0 saturated heterocycles. The van der Waals surface area contributed by atoms with Gasteiger partial charge in [0.05, 0.1) is 5.75 Å². The molecule has 0 heterocycles. The van der Waals surface area contributed by atoms with Gasteiger partial charge in [0.1, 0.15) is 6.04 Å². The van der Waals surface area contributed by atoms with Gasteiger partial charge in [-0.1, -0.05) is 73.4 Å². The molecule has 7 heteroatoms. The third-order valence-electron chi connectivity index (χ3n) is 4.66. The van der Waals surface area contributed by atoms with Gasteiger partial charge in [0, 0.05) is 28.9 Å². The minimum atomic E-state index is -0.506. The van der Waals surface area contributed by atoms with Crippen molar-refractivity contribution in [1.82, 2.24) is 10.2 Å². The Kier molecular flexibility index (Phi) is 10.6. The van der Waals surface area contributed by atoms with E-state index < -0.39 is 6.04 Å². The van der Waals surface area contributed by atoms with Gasteiger partial charge in [0.15, 0.2) is 0 Å². The van der Waals surface area contributed by atoms with Crippen LogP contribution in [0, 0.1) is 0 Å². The van der Waals surface area contributed by atoms with Gasteiger partial charge in [0.25, 0.3) is 0 Å². The van der Waals surface area contributed by atoms with Crippen molar-refractivity contribution in [3.05, 3.63) is 69.7 Å². The van der Waals surface area contributed by atoms with E-state index in [2.05, 4.69) is 5.32 Å². The second-order valence-corrected chi connectivity index (χ2v) is 8.72. The molecule has 0 spiro atoms. The van der Waals surface area contributed by atoms with E-state index >= 15 is 0 Å². The summed E-state index contributed by atoms with van der Waals surface area (Å²) in [6.07, 6.45) is 1.40. The highest BCUT2D eigenvalue weighted by Crippen LogP contribution is 2.28. The van der Waals surface area contributed by atoms with Crippen molar-refractivity contribution < 1.29 is 9.59 Å². The number of amides is 2. The number of nitrogens with zero attached hydrogens (tertiary/aromatic N) is 1. The summed E-state index contributed by atoms with van der Waals surface area (Å²) in [4.78, 5) is 27.5. The molecule has 1 atom stereocenters. The first-order chi connectivity index (χ1) is 14.5. The van der Waals surface area contributed by atoms with Crippen molar-refractivity contribution in [2.75, 3.05) is 12.3 Å². The SMILES string of the molecule is CCCNC(=O)C(CC)N(Cc1ccccc1)C(=O)CSCc1c(Cl)cccc1Cl. The molecule has 162 valence electrons. The third-order valence-corrected chi connectivity index (χ3v) is 6.32. The number of hydrogen-bond acceptors (Lipinski definition) is 3. The van der Waals surface area contributed by atoms with Gasteiger partial charge in [-0.3, -0.25) is 9.59 Å². The van der Waals surface area contributed by atoms with Crippen molar-refractivity contribution in [2.24, 2.45) is 0 Å². The summed E-state index contributed by atoms with van der Waals surface area (Å²) < 4.78 is 0. The Morgan fingerprint density at radius 1 is 1.03 bits per heavy atom. The fourth-order valence-electron chi connectivity index (χ4n) is 3.06. The van der Waals surface area contributed by atoms with E-state index in [-0.39, 0.29) is 17.6 Å². The third kappa shape index (κ3) is 7.22. The predicted molar refractivity (Wildman–Crippen MR) is 127 cm³/mol. The van der Waals surface area contributed by atoms with Crippen LogP contribution in [0.2, 0.25) is 10.0 Å². The number of nitrogens with one attached hydrogen (secondary N) is 1. The maximum Gasteiger partial charge on any atom is 0.242 e. The maximum atomic E-state index is 13.1. The standard InChI is InChI=1S/C23H28Cl2N2O2S/c1-3-13-26-23(29)21(4-2)27(14-17-9-6-5-7-10-17)22(28)16-30-15-18-19(24)11-8-12-20(18)25/h5-12,21H,3-4,13-16H2,1-2H3,(H,26,29). The molecule has 2 aromatic carbocycles. The molecule has 1 unspecified atom stereocenters. The van der Waals surface area contributed by atoms with Crippen LogP contribution in [0.1, 0.15) is 37.8 Å². The fourth-order valence-corrected chi connectivity index (χ4v) is 4.71. The van der Waals surface area contributed by atoms with Crippen LogP contribution >= 0.6 is 35.0 Å². The zero-order valence-electron chi connectivity index (χ0n) is 17.4. The Balaban J connectivity index is 2.11. The average molecular weight is 467 g/mol. The second kappa shape index (κ2) is 12.9. The van der Waals surface area contributed by atoms with E-state index in [9.17, 15) is 9.59 Å². The lowest BCUT2D eigenvalue weighted by Crippen LogP contribution is -2.49. The smallest absolute Gasteiger partial charge is 0.242 e. The quantitative estimate of drug-likeness (QED) is 0.471. The van der Waals surface area contributed by atoms with E-state index in [4.69, 9.17) is 23.2 Å². The Bertz CT molecular complexity index is 813. The zero-order valence-corrected chi connectivity index (χ0v) is 19.7. The lowest BCUT2D eigenvalue weighted by atomic mass is 10.1. The van der Waals surface area contributed by atoms with E-state index in [1.165, 1.54) is 11.8 Å². The van der Waals surface area contributed by atoms with Gasteiger partial charge in [-0.25, -0.2) is 0 Å². The number of thioether (sulfide) groups is 1. The minimum Gasteiger partial charge on any atom is -0.354 e. The van der Waals surface area contributed by atoms with Gasteiger partial charge in [-0.2, -0.15) is 0 Å². The van der Waals surface area contributed by atoms with Crippen LogP contribution in [-0.2, 0) is 21.9 Å². The molecule has 0 radical (unpaired) electrons. The molecular weight excluding hydrogens is 439 g/mol. The molecule has 0 aliphatic rings. The van der Waals surface area contributed by atoms with E-state index in [1.807, 2.05) is 44.2 Å². The molecule has 0 aliphatic heterocycles. The van der Waals surface area contributed by atoms with Crippen molar-refractivity contribution in [3.63, 3.8) is 0 Å².